The summed E-state index contributed by atoms with van der Waals surface area (Å²) in [5.74, 6) is -5.33. The summed E-state index contributed by atoms with van der Waals surface area (Å²) in [4.78, 5) is 10.6. The minimum absolute atomic E-state index is 0.0537. The van der Waals surface area contributed by atoms with Crippen molar-refractivity contribution in [3.8, 4) is 5.75 Å². The van der Waals surface area contributed by atoms with Gasteiger partial charge in [0.1, 0.15) is 12.4 Å². The summed E-state index contributed by atoms with van der Waals surface area (Å²) in [6, 6.07) is 5.14. The molecule has 0 aliphatic carbocycles. The van der Waals surface area contributed by atoms with E-state index in [0.29, 0.717) is 12.1 Å². The van der Waals surface area contributed by atoms with Gasteiger partial charge in [0.25, 0.3) is 0 Å². The van der Waals surface area contributed by atoms with Crippen molar-refractivity contribution in [2.45, 2.75) is 6.61 Å². The van der Waals surface area contributed by atoms with Crippen LogP contribution in [0.4, 0.5) is 13.2 Å². The highest BCUT2D eigenvalue weighted by Gasteiger charge is 2.17. The van der Waals surface area contributed by atoms with Gasteiger partial charge >= 0.3 is 5.97 Å². The molecule has 2 aromatic carbocycles. The molecule has 2 aromatic rings. The maximum absolute atomic E-state index is 13.6. The average molecular weight is 317 g/mol. The van der Waals surface area contributed by atoms with Gasteiger partial charge < -0.3 is 9.84 Å². The molecule has 0 aliphatic heterocycles. The summed E-state index contributed by atoms with van der Waals surface area (Å²) >= 11 is 5.76. The third-order valence-electron chi connectivity index (χ3n) is 2.67. The molecule has 1 N–H and O–H groups in total. The van der Waals surface area contributed by atoms with Crippen LogP contribution in [0.1, 0.15) is 15.9 Å². The molecule has 0 heterocycles. The summed E-state index contributed by atoms with van der Waals surface area (Å²) in [6.45, 7) is -0.494. The molecule has 0 bridgehead atoms. The van der Waals surface area contributed by atoms with Crippen molar-refractivity contribution >= 4 is 17.6 Å². The maximum Gasteiger partial charge on any atom is 0.335 e. The van der Waals surface area contributed by atoms with Gasteiger partial charge in [0, 0.05) is 5.56 Å². The first-order valence-electron chi connectivity index (χ1n) is 5.68. The van der Waals surface area contributed by atoms with Crippen LogP contribution in [0.2, 0.25) is 5.02 Å². The number of aromatic carboxylic acids is 1. The lowest BCUT2D eigenvalue weighted by molar-refractivity contribution is 0.0695. The minimum atomic E-state index is -1.48. The molecule has 3 nitrogen and oxygen atoms in total. The van der Waals surface area contributed by atoms with E-state index in [2.05, 4.69) is 0 Å². The van der Waals surface area contributed by atoms with Crippen molar-refractivity contribution in [3.63, 3.8) is 0 Å². The zero-order valence-corrected chi connectivity index (χ0v) is 11.1. The molecule has 2 rings (SSSR count). The molecule has 0 radical (unpaired) electrons. The third-order valence-corrected chi connectivity index (χ3v) is 3.02. The predicted octanol–water partition coefficient (Wildman–Crippen LogP) is 4.03. The summed E-state index contributed by atoms with van der Waals surface area (Å²) in [5, 5.41) is 8.72. The Hall–Kier alpha value is -2.21. The van der Waals surface area contributed by atoms with Gasteiger partial charge in [-0.2, -0.15) is 0 Å². The average Bonchev–Trinajstić information content (AvgIpc) is 2.40. The zero-order valence-electron chi connectivity index (χ0n) is 10.4. The Morgan fingerprint density at radius 3 is 2.29 bits per heavy atom. The lowest BCUT2D eigenvalue weighted by Crippen LogP contribution is -2.05. The normalized spacial score (nSPS) is 10.5. The number of benzene rings is 2. The van der Waals surface area contributed by atoms with E-state index < -0.39 is 41.3 Å². The zero-order chi connectivity index (χ0) is 15.6. The van der Waals surface area contributed by atoms with E-state index >= 15 is 0 Å². The fourth-order valence-corrected chi connectivity index (χ4v) is 1.85. The smallest absolute Gasteiger partial charge is 0.335 e. The first-order valence-corrected chi connectivity index (χ1v) is 6.06. The molecule has 0 saturated carbocycles. The van der Waals surface area contributed by atoms with Gasteiger partial charge in [0.05, 0.1) is 10.6 Å². The van der Waals surface area contributed by atoms with Crippen LogP contribution in [-0.4, -0.2) is 11.1 Å². The van der Waals surface area contributed by atoms with Crippen LogP contribution in [0.3, 0.4) is 0 Å². The largest absolute Gasteiger partial charge is 0.483 e. The van der Waals surface area contributed by atoms with Gasteiger partial charge in [-0.15, -0.1) is 0 Å². The van der Waals surface area contributed by atoms with Crippen LogP contribution in [0.5, 0.6) is 5.75 Å². The van der Waals surface area contributed by atoms with E-state index in [0.717, 1.165) is 6.07 Å². The van der Waals surface area contributed by atoms with E-state index in [1.54, 1.807) is 0 Å². The summed E-state index contributed by atoms with van der Waals surface area (Å²) in [6.07, 6.45) is 0. The van der Waals surface area contributed by atoms with E-state index in [1.807, 2.05) is 0 Å². The third kappa shape index (κ3) is 3.28. The first kappa shape index (κ1) is 15.2. The Morgan fingerprint density at radius 1 is 1.14 bits per heavy atom. The molecule has 0 atom stereocenters. The molecule has 0 amide bonds. The van der Waals surface area contributed by atoms with E-state index in [9.17, 15) is 18.0 Å². The SMILES string of the molecule is O=C(O)c1cc(F)c(OCc2c(F)cccc2Cl)c(F)c1. The molecular weight excluding hydrogens is 309 g/mol. The topological polar surface area (TPSA) is 46.5 Å². The molecule has 0 aliphatic rings. The van der Waals surface area contributed by atoms with Crippen molar-refractivity contribution in [2.24, 2.45) is 0 Å². The first-order chi connectivity index (χ1) is 9.90. The summed E-state index contributed by atoms with van der Waals surface area (Å²) < 4.78 is 45.6. The molecular formula is C14H8ClF3O3. The van der Waals surface area contributed by atoms with Crippen molar-refractivity contribution in [1.82, 2.24) is 0 Å². The number of carboxylic acids is 1. The van der Waals surface area contributed by atoms with E-state index in [-0.39, 0.29) is 10.6 Å². The van der Waals surface area contributed by atoms with Crippen LogP contribution in [0.15, 0.2) is 30.3 Å². The van der Waals surface area contributed by atoms with Crippen LogP contribution in [0.25, 0.3) is 0 Å². The Labute approximate surface area is 122 Å². The van der Waals surface area contributed by atoms with Crippen LogP contribution in [-0.2, 0) is 6.61 Å². The molecule has 0 saturated heterocycles. The number of carboxylic acid groups (broad SMARTS) is 1. The number of carbonyl (C=O) groups is 1. The van der Waals surface area contributed by atoms with Gasteiger partial charge in [-0.1, -0.05) is 17.7 Å². The standard InChI is InChI=1S/C14H8ClF3O3/c15-9-2-1-3-10(16)8(9)6-21-13-11(17)4-7(14(19)20)5-12(13)18/h1-5H,6H2,(H,19,20). The fourth-order valence-electron chi connectivity index (χ4n) is 1.64. The highest BCUT2D eigenvalue weighted by molar-refractivity contribution is 6.31. The molecule has 21 heavy (non-hydrogen) atoms. The van der Waals surface area contributed by atoms with E-state index in [4.69, 9.17) is 21.4 Å². The maximum atomic E-state index is 13.6. The van der Waals surface area contributed by atoms with Crippen molar-refractivity contribution in [1.29, 1.82) is 0 Å². The van der Waals surface area contributed by atoms with Crippen LogP contribution < -0.4 is 4.74 Å². The van der Waals surface area contributed by atoms with Crippen LogP contribution >= 0.6 is 11.6 Å². The second kappa shape index (κ2) is 6.05. The second-order valence-corrected chi connectivity index (χ2v) is 4.47. The van der Waals surface area contributed by atoms with Gasteiger partial charge in [-0.3, -0.25) is 0 Å². The van der Waals surface area contributed by atoms with Gasteiger partial charge in [0.15, 0.2) is 17.4 Å². The Balaban J connectivity index is 2.27. The van der Waals surface area contributed by atoms with Gasteiger partial charge in [0.2, 0.25) is 0 Å². The molecule has 0 aromatic heterocycles. The van der Waals surface area contributed by atoms with E-state index in [1.165, 1.54) is 12.1 Å². The molecule has 110 valence electrons. The number of hydrogen-bond acceptors (Lipinski definition) is 2. The number of ether oxygens (including phenoxy) is 1. The number of halogens is 4. The quantitative estimate of drug-likeness (QED) is 0.926. The number of rotatable bonds is 4. The van der Waals surface area contributed by atoms with Gasteiger partial charge in [-0.05, 0) is 24.3 Å². The Morgan fingerprint density at radius 2 is 1.76 bits per heavy atom. The summed E-state index contributed by atoms with van der Waals surface area (Å²) in [7, 11) is 0. The van der Waals surface area contributed by atoms with Crippen molar-refractivity contribution < 1.29 is 27.8 Å². The number of hydrogen-bond donors (Lipinski definition) is 1. The molecule has 0 fully saturated rings. The van der Waals surface area contributed by atoms with Gasteiger partial charge in [-0.25, -0.2) is 18.0 Å². The fraction of sp³-hybridized carbons (Fsp3) is 0.0714. The lowest BCUT2D eigenvalue weighted by atomic mass is 10.2. The highest BCUT2D eigenvalue weighted by Crippen LogP contribution is 2.26. The highest BCUT2D eigenvalue weighted by atomic mass is 35.5. The Bertz CT molecular complexity index is 661. The minimum Gasteiger partial charge on any atom is -0.483 e. The second-order valence-electron chi connectivity index (χ2n) is 4.06. The molecule has 7 heteroatoms. The van der Waals surface area contributed by atoms with Crippen LogP contribution in [0, 0.1) is 17.5 Å². The predicted molar refractivity (Wildman–Crippen MR) is 69.1 cm³/mol. The monoisotopic (exact) mass is 316 g/mol. The Kier molecular flexibility index (Phi) is 4.37. The molecule has 0 spiro atoms. The van der Waals surface area contributed by atoms with Crippen molar-refractivity contribution in [2.75, 3.05) is 0 Å². The summed E-state index contributed by atoms with van der Waals surface area (Å²) in [5.41, 5.74) is -0.610. The molecule has 0 unspecified atom stereocenters. The van der Waals surface area contributed by atoms with Crippen molar-refractivity contribution in [3.05, 3.63) is 63.9 Å². The lowest BCUT2D eigenvalue weighted by Gasteiger charge is -2.10.